The van der Waals surface area contributed by atoms with Gasteiger partial charge in [0.15, 0.2) is 5.69 Å². The molecule has 2 aliphatic heterocycles. The molecule has 8 nitrogen and oxygen atoms in total. The summed E-state index contributed by atoms with van der Waals surface area (Å²) in [5, 5.41) is 7.93. The molecule has 8 heteroatoms. The summed E-state index contributed by atoms with van der Waals surface area (Å²) < 4.78 is 7.55. The van der Waals surface area contributed by atoms with Gasteiger partial charge in [-0.05, 0) is 32.4 Å². The van der Waals surface area contributed by atoms with Crippen LogP contribution in [0.4, 0.5) is 0 Å². The average Bonchev–Trinajstić information content (AvgIpc) is 3.16. The Morgan fingerprint density at radius 3 is 2.91 bits per heavy atom. The molecule has 2 saturated heterocycles. The molecule has 3 rings (SSSR count). The van der Waals surface area contributed by atoms with Crippen molar-refractivity contribution in [3.63, 3.8) is 0 Å². The molecule has 3 heterocycles. The fourth-order valence-electron chi connectivity index (χ4n) is 3.24. The maximum atomic E-state index is 12.7. The molecule has 1 aromatic heterocycles. The van der Waals surface area contributed by atoms with E-state index >= 15 is 0 Å². The maximum Gasteiger partial charge on any atom is 0.276 e. The molecule has 128 valence electrons. The zero-order valence-electron chi connectivity index (χ0n) is 13.6. The lowest BCUT2D eigenvalue weighted by molar-refractivity contribution is 0.0296. The highest BCUT2D eigenvalue weighted by atomic mass is 16.5. The van der Waals surface area contributed by atoms with Crippen LogP contribution in [-0.4, -0.2) is 82.7 Å². The highest BCUT2D eigenvalue weighted by Gasteiger charge is 2.27. The van der Waals surface area contributed by atoms with E-state index in [-0.39, 0.29) is 12.0 Å². The summed E-state index contributed by atoms with van der Waals surface area (Å²) in [6.45, 7) is 6.28. The van der Waals surface area contributed by atoms with Crippen LogP contribution in [0.25, 0.3) is 0 Å². The SMILES string of the molecule is NCCn1cc(C(=O)N2CCCO[C@@H](CN3CCCC3)C2)nn1. The standard InChI is InChI=1S/C15H26N6O2/c16-4-8-21-12-14(17-18-21)15(22)20-7-3-9-23-13(11-20)10-19-5-1-2-6-19/h12-13H,1-11,16H2/t13-/m0/s1. The molecule has 0 unspecified atom stereocenters. The predicted octanol–water partition coefficient (Wildman–Crippen LogP) is -0.436. The van der Waals surface area contributed by atoms with Gasteiger partial charge in [0.2, 0.25) is 0 Å². The number of aromatic nitrogens is 3. The number of ether oxygens (including phenoxy) is 1. The number of likely N-dealkylation sites (tertiary alicyclic amines) is 1. The van der Waals surface area contributed by atoms with Gasteiger partial charge in [-0.25, -0.2) is 0 Å². The molecule has 1 aromatic rings. The zero-order valence-corrected chi connectivity index (χ0v) is 13.6. The molecule has 2 N–H and O–H groups in total. The Morgan fingerprint density at radius 1 is 1.30 bits per heavy atom. The summed E-state index contributed by atoms with van der Waals surface area (Å²) in [7, 11) is 0. The first-order valence-electron chi connectivity index (χ1n) is 8.49. The second kappa shape index (κ2) is 7.85. The summed E-state index contributed by atoms with van der Waals surface area (Å²) >= 11 is 0. The van der Waals surface area contributed by atoms with E-state index in [1.165, 1.54) is 12.8 Å². The van der Waals surface area contributed by atoms with Crippen LogP contribution in [0, 0.1) is 0 Å². The first kappa shape index (κ1) is 16.4. The van der Waals surface area contributed by atoms with Crippen LogP contribution in [0.1, 0.15) is 29.8 Å². The molecular weight excluding hydrogens is 296 g/mol. The van der Waals surface area contributed by atoms with E-state index in [4.69, 9.17) is 10.5 Å². The van der Waals surface area contributed by atoms with Crippen molar-refractivity contribution in [3.05, 3.63) is 11.9 Å². The normalized spacial score (nSPS) is 23.2. The van der Waals surface area contributed by atoms with Crippen molar-refractivity contribution in [3.8, 4) is 0 Å². The molecule has 1 amide bonds. The molecule has 2 fully saturated rings. The molecule has 2 aliphatic rings. The highest BCUT2D eigenvalue weighted by Crippen LogP contribution is 2.14. The monoisotopic (exact) mass is 322 g/mol. The highest BCUT2D eigenvalue weighted by molar-refractivity contribution is 5.91. The molecule has 1 atom stereocenters. The van der Waals surface area contributed by atoms with E-state index in [2.05, 4.69) is 15.2 Å². The van der Waals surface area contributed by atoms with E-state index in [9.17, 15) is 4.79 Å². The largest absolute Gasteiger partial charge is 0.375 e. The second-order valence-electron chi connectivity index (χ2n) is 6.26. The Bertz CT molecular complexity index is 514. The van der Waals surface area contributed by atoms with Crippen molar-refractivity contribution in [1.29, 1.82) is 0 Å². The Labute approximate surface area is 136 Å². The van der Waals surface area contributed by atoms with Crippen molar-refractivity contribution < 1.29 is 9.53 Å². The van der Waals surface area contributed by atoms with Gasteiger partial charge < -0.3 is 20.3 Å². The van der Waals surface area contributed by atoms with Crippen LogP contribution in [0.5, 0.6) is 0 Å². The van der Waals surface area contributed by atoms with Crippen LogP contribution in [-0.2, 0) is 11.3 Å². The summed E-state index contributed by atoms with van der Waals surface area (Å²) in [5.74, 6) is -0.0646. The molecule has 0 saturated carbocycles. The van der Waals surface area contributed by atoms with Gasteiger partial charge in [-0.15, -0.1) is 5.10 Å². The number of carbonyl (C=O) groups excluding carboxylic acids is 1. The molecule has 0 spiro atoms. The van der Waals surface area contributed by atoms with Crippen LogP contribution in [0.15, 0.2) is 6.20 Å². The Kier molecular flexibility index (Phi) is 5.58. The van der Waals surface area contributed by atoms with Crippen molar-refractivity contribution >= 4 is 5.91 Å². The van der Waals surface area contributed by atoms with Gasteiger partial charge in [-0.2, -0.15) is 0 Å². The number of nitrogens with zero attached hydrogens (tertiary/aromatic N) is 5. The summed E-state index contributed by atoms with van der Waals surface area (Å²) in [5.41, 5.74) is 5.89. The number of hydrogen-bond donors (Lipinski definition) is 1. The Hall–Kier alpha value is -1.51. The molecule has 23 heavy (non-hydrogen) atoms. The molecule has 0 radical (unpaired) electrons. The zero-order chi connectivity index (χ0) is 16.1. The summed E-state index contributed by atoms with van der Waals surface area (Å²) in [6, 6.07) is 0. The minimum Gasteiger partial charge on any atom is -0.375 e. The van der Waals surface area contributed by atoms with E-state index in [0.29, 0.717) is 38.5 Å². The van der Waals surface area contributed by atoms with Gasteiger partial charge in [-0.1, -0.05) is 5.21 Å². The third-order valence-electron chi connectivity index (χ3n) is 4.41. The Morgan fingerprint density at radius 2 is 2.13 bits per heavy atom. The lowest BCUT2D eigenvalue weighted by Crippen LogP contribution is -2.42. The smallest absolute Gasteiger partial charge is 0.276 e. The Balaban J connectivity index is 1.61. The minimum absolute atomic E-state index is 0.0646. The van der Waals surface area contributed by atoms with Crippen LogP contribution < -0.4 is 5.73 Å². The molecule has 0 bridgehead atoms. The van der Waals surface area contributed by atoms with Gasteiger partial charge in [0.25, 0.3) is 5.91 Å². The maximum absolute atomic E-state index is 12.7. The fourth-order valence-corrected chi connectivity index (χ4v) is 3.24. The fraction of sp³-hybridized carbons (Fsp3) is 0.800. The number of amides is 1. The van der Waals surface area contributed by atoms with Crippen molar-refractivity contribution in [2.75, 3.05) is 45.9 Å². The molecular formula is C15H26N6O2. The first-order valence-corrected chi connectivity index (χ1v) is 8.49. The van der Waals surface area contributed by atoms with Gasteiger partial charge >= 0.3 is 0 Å². The van der Waals surface area contributed by atoms with Crippen molar-refractivity contribution in [2.45, 2.75) is 31.9 Å². The van der Waals surface area contributed by atoms with E-state index < -0.39 is 0 Å². The number of rotatable bonds is 5. The van der Waals surface area contributed by atoms with Gasteiger partial charge in [0, 0.05) is 32.8 Å². The first-order chi connectivity index (χ1) is 11.3. The minimum atomic E-state index is -0.0646. The van der Waals surface area contributed by atoms with Gasteiger partial charge in [0.05, 0.1) is 18.8 Å². The topological polar surface area (TPSA) is 89.5 Å². The quantitative estimate of drug-likeness (QED) is 0.791. The number of hydrogen-bond acceptors (Lipinski definition) is 6. The summed E-state index contributed by atoms with van der Waals surface area (Å²) in [6.07, 6.45) is 5.15. The molecule has 0 aliphatic carbocycles. The molecule has 0 aromatic carbocycles. The van der Waals surface area contributed by atoms with Crippen LogP contribution in [0.3, 0.4) is 0 Å². The van der Waals surface area contributed by atoms with E-state index in [0.717, 1.165) is 26.1 Å². The van der Waals surface area contributed by atoms with E-state index in [1.807, 2.05) is 4.90 Å². The summed E-state index contributed by atoms with van der Waals surface area (Å²) in [4.78, 5) is 16.9. The lowest BCUT2D eigenvalue weighted by Gasteiger charge is -2.26. The third-order valence-corrected chi connectivity index (χ3v) is 4.41. The van der Waals surface area contributed by atoms with Crippen molar-refractivity contribution in [1.82, 2.24) is 24.8 Å². The average molecular weight is 322 g/mol. The van der Waals surface area contributed by atoms with Crippen LogP contribution >= 0.6 is 0 Å². The number of nitrogens with two attached hydrogens (primary N) is 1. The van der Waals surface area contributed by atoms with Crippen molar-refractivity contribution in [2.24, 2.45) is 5.73 Å². The number of carbonyl (C=O) groups is 1. The van der Waals surface area contributed by atoms with Gasteiger partial charge in [-0.3, -0.25) is 9.48 Å². The predicted molar refractivity (Wildman–Crippen MR) is 85.0 cm³/mol. The second-order valence-corrected chi connectivity index (χ2v) is 6.26. The lowest BCUT2D eigenvalue weighted by atomic mass is 10.2. The third kappa shape index (κ3) is 4.27. The van der Waals surface area contributed by atoms with E-state index in [1.54, 1.807) is 10.9 Å². The van der Waals surface area contributed by atoms with Crippen LogP contribution in [0.2, 0.25) is 0 Å². The van der Waals surface area contributed by atoms with Gasteiger partial charge in [0.1, 0.15) is 0 Å².